The molecule has 0 heterocycles. The van der Waals surface area contributed by atoms with Gasteiger partial charge < -0.3 is 14.8 Å². The van der Waals surface area contributed by atoms with E-state index >= 15 is 0 Å². The van der Waals surface area contributed by atoms with Crippen molar-refractivity contribution < 1.29 is 14.3 Å². The van der Waals surface area contributed by atoms with Crippen molar-refractivity contribution in [2.45, 2.75) is 12.8 Å². The van der Waals surface area contributed by atoms with Gasteiger partial charge in [0.25, 0.3) is 0 Å². The molecule has 0 unspecified atom stereocenters. The largest absolute Gasteiger partial charge is 0.493 e. The third-order valence-electron chi connectivity index (χ3n) is 2.32. The maximum Gasteiger partial charge on any atom is 0.220 e. The zero-order chi connectivity index (χ0) is 13.2. The van der Waals surface area contributed by atoms with Gasteiger partial charge in [-0.2, -0.15) is 0 Å². The highest BCUT2D eigenvalue weighted by Gasteiger charge is 2.03. The number of hydrogen-bond acceptors (Lipinski definition) is 3. The minimum absolute atomic E-state index is 0.0125. The van der Waals surface area contributed by atoms with Gasteiger partial charge in [0.15, 0.2) is 11.5 Å². The number of rotatable bonds is 8. The van der Waals surface area contributed by atoms with E-state index in [9.17, 15) is 4.79 Å². The quantitative estimate of drug-likeness (QED) is 0.567. The molecule has 18 heavy (non-hydrogen) atoms. The normalized spacial score (nSPS) is 9.61. The summed E-state index contributed by atoms with van der Waals surface area (Å²) in [5, 5.41) is 2.72. The van der Waals surface area contributed by atoms with Gasteiger partial charge in [-0.3, -0.25) is 4.79 Å². The van der Waals surface area contributed by atoms with Crippen LogP contribution >= 0.6 is 0 Å². The SMILES string of the molecule is C=CCNC(=O)CCCOc1ccccc1OC. The van der Waals surface area contributed by atoms with Crippen LogP contribution in [0.1, 0.15) is 12.8 Å². The summed E-state index contributed by atoms with van der Waals surface area (Å²) in [6.07, 6.45) is 2.77. The molecule has 1 aromatic carbocycles. The third kappa shape index (κ3) is 4.91. The van der Waals surface area contributed by atoms with Crippen molar-refractivity contribution in [1.29, 1.82) is 0 Å². The van der Waals surface area contributed by atoms with Crippen LogP contribution in [0, 0.1) is 0 Å². The molecule has 0 radical (unpaired) electrons. The molecular weight excluding hydrogens is 230 g/mol. The average Bonchev–Trinajstić information content (AvgIpc) is 2.41. The van der Waals surface area contributed by atoms with Crippen LogP contribution in [0.25, 0.3) is 0 Å². The fourth-order valence-corrected chi connectivity index (χ4v) is 1.43. The van der Waals surface area contributed by atoms with E-state index in [2.05, 4.69) is 11.9 Å². The Morgan fingerprint density at radius 2 is 2.11 bits per heavy atom. The van der Waals surface area contributed by atoms with E-state index in [4.69, 9.17) is 9.47 Å². The Morgan fingerprint density at radius 3 is 2.78 bits per heavy atom. The van der Waals surface area contributed by atoms with Gasteiger partial charge in [-0.15, -0.1) is 6.58 Å². The Balaban J connectivity index is 2.25. The Bertz CT molecular complexity index is 390. The zero-order valence-corrected chi connectivity index (χ0v) is 10.6. The van der Waals surface area contributed by atoms with Crippen molar-refractivity contribution in [3.05, 3.63) is 36.9 Å². The first-order valence-corrected chi connectivity index (χ1v) is 5.91. The molecule has 1 aromatic rings. The average molecular weight is 249 g/mol. The molecule has 98 valence electrons. The molecule has 1 amide bonds. The molecule has 0 bridgehead atoms. The maximum absolute atomic E-state index is 11.3. The van der Waals surface area contributed by atoms with E-state index in [0.29, 0.717) is 37.5 Å². The highest BCUT2D eigenvalue weighted by molar-refractivity contribution is 5.75. The maximum atomic E-state index is 11.3. The van der Waals surface area contributed by atoms with Gasteiger partial charge in [0.1, 0.15) is 0 Å². The summed E-state index contributed by atoms with van der Waals surface area (Å²) >= 11 is 0. The van der Waals surface area contributed by atoms with Crippen molar-refractivity contribution in [3.8, 4) is 11.5 Å². The van der Waals surface area contributed by atoms with Crippen LogP contribution in [0.2, 0.25) is 0 Å². The van der Waals surface area contributed by atoms with Gasteiger partial charge in [-0.1, -0.05) is 18.2 Å². The van der Waals surface area contributed by atoms with Gasteiger partial charge in [0.2, 0.25) is 5.91 Å². The van der Waals surface area contributed by atoms with E-state index in [1.807, 2.05) is 24.3 Å². The Kier molecular flexibility index (Phi) is 6.40. The van der Waals surface area contributed by atoms with Crippen LogP contribution in [0.15, 0.2) is 36.9 Å². The van der Waals surface area contributed by atoms with Gasteiger partial charge in [-0.25, -0.2) is 0 Å². The topological polar surface area (TPSA) is 47.6 Å². The highest BCUT2D eigenvalue weighted by Crippen LogP contribution is 2.25. The molecule has 0 fully saturated rings. The number of hydrogen-bond donors (Lipinski definition) is 1. The van der Waals surface area contributed by atoms with Crippen molar-refractivity contribution in [2.75, 3.05) is 20.3 Å². The molecule has 0 spiro atoms. The number of methoxy groups -OCH3 is 1. The third-order valence-corrected chi connectivity index (χ3v) is 2.32. The Hall–Kier alpha value is -1.97. The fourth-order valence-electron chi connectivity index (χ4n) is 1.43. The summed E-state index contributed by atoms with van der Waals surface area (Å²) < 4.78 is 10.7. The van der Waals surface area contributed by atoms with E-state index in [1.54, 1.807) is 13.2 Å². The summed E-state index contributed by atoms with van der Waals surface area (Å²) in [5.41, 5.74) is 0. The second-order valence-electron chi connectivity index (χ2n) is 3.70. The van der Waals surface area contributed by atoms with Gasteiger partial charge in [0, 0.05) is 13.0 Å². The predicted molar refractivity (Wildman–Crippen MR) is 70.9 cm³/mol. The molecule has 0 aliphatic heterocycles. The monoisotopic (exact) mass is 249 g/mol. The number of amides is 1. The predicted octanol–water partition coefficient (Wildman–Crippen LogP) is 2.16. The molecule has 4 nitrogen and oxygen atoms in total. The first-order valence-electron chi connectivity index (χ1n) is 5.91. The number of benzene rings is 1. The molecule has 0 aromatic heterocycles. The number of ether oxygens (including phenoxy) is 2. The van der Waals surface area contributed by atoms with Crippen molar-refractivity contribution >= 4 is 5.91 Å². The van der Waals surface area contributed by atoms with Crippen LogP contribution in [-0.2, 0) is 4.79 Å². The Morgan fingerprint density at radius 1 is 1.39 bits per heavy atom. The second-order valence-corrected chi connectivity index (χ2v) is 3.70. The van der Waals surface area contributed by atoms with Crippen LogP contribution in [0.4, 0.5) is 0 Å². The number of nitrogens with one attached hydrogen (secondary N) is 1. The van der Waals surface area contributed by atoms with Gasteiger partial charge in [-0.05, 0) is 18.6 Å². The van der Waals surface area contributed by atoms with Crippen LogP contribution < -0.4 is 14.8 Å². The summed E-state index contributed by atoms with van der Waals surface area (Å²) in [4.78, 5) is 11.3. The van der Waals surface area contributed by atoms with E-state index in [-0.39, 0.29) is 5.91 Å². The lowest BCUT2D eigenvalue weighted by molar-refractivity contribution is -0.121. The molecule has 4 heteroatoms. The molecule has 1 rings (SSSR count). The lowest BCUT2D eigenvalue weighted by Crippen LogP contribution is -2.23. The molecular formula is C14H19NO3. The lowest BCUT2D eigenvalue weighted by atomic mass is 10.3. The summed E-state index contributed by atoms with van der Waals surface area (Å²) in [5.74, 6) is 1.42. The molecule has 0 saturated carbocycles. The first-order chi connectivity index (χ1) is 8.77. The minimum Gasteiger partial charge on any atom is -0.493 e. The number of carbonyl (C=O) groups excluding carboxylic acids is 1. The van der Waals surface area contributed by atoms with Crippen molar-refractivity contribution in [3.63, 3.8) is 0 Å². The van der Waals surface area contributed by atoms with Crippen LogP contribution in [-0.4, -0.2) is 26.2 Å². The first kappa shape index (κ1) is 14.1. The summed E-state index contributed by atoms with van der Waals surface area (Å²) in [6.45, 7) is 4.53. The molecule has 1 N–H and O–H groups in total. The standard InChI is InChI=1S/C14H19NO3/c1-3-10-15-14(16)9-6-11-18-13-8-5-4-7-12(13)17-2/h3-5,7-8H,1,6,9-11H2,2H3,(H,15,16). The molecule has 0 atom stereocenters. The van der Waals surface area contributed by atoms with Crippen molar-refractivity contribution in [1.82, 2.24) is 5.32 Å². The number of carbonyl (C=O) groups is 1. The highest BCUT2D eigenvalue weighted by atomic mass is 16.5. The van der Waals surface area contributed by atoms with Crippen LogP contribution in [0.3, 0.4) is 0 Å². The summed E-state index contributed by atoms with van der Waals surface area (Å²) in [6, 6.07) is 7.45. The molecule has 0 saturated heterocycles. The minimum atomic E-state index is 0.0125. The zero-order valence-electron chi connectivity index (χ0n) is 10.6. The molecule has 0 aliphatic carbocycles. The van der Waals surface area contributed by atoms with Crippen LogP contribution in [0.5, 0.6) is 11.5 Å². The number of para-hydroxylation sites is 2. The second kappa shape index (κ2) is 8.17. The summed E-state index contributed by atoms with van der Waals surface area (Å²) in [7, 11) is 1.60. The lowest BCUT2D eigenvalue weighted by Gasteiger charge is -2.09. The Labute approximate surface area is 108 Å². The van der Waals surface area contributed by atoms with E-state index in [1.165, 1.54) is 0 Å². The van der Waals surface area contributed by atoms with E-state index < -0.39 is 0 Å². The van der Waals surface area contributed by atoms with E-state index in [0.717, 1.165) is 0 Å². The smallest absolute Gasteiger partial charge is 0.220 e. The van der Waals surface area contributed by atoms with Crippen molar-refractivity contribution in [2.24, 2.45) is 0 Å². The molecule has 0 aliphatic rings. The van der Waals surface area contributed by atoms with Gasteiger partial charge in [0.05, 0.1) is 13.7 Å². The fraction of sp³-hybridized carbons (Fsp3) is 0.357. The van der Waals surface area contributed by atoms with Gasteiger partial charge >= 0.3 is 0 Å².